The largest absolute Gasteiger partial charge is 0.390 e. The van der Waals surface area contributed by atoms with Gasteiger partial charge in [-0.25, -0.2) is 4.39 Å². The third-order valence-corrected chi connectivity index (χ3v) is 5.20. The zero-order valence-electron chi connectivity index (χ0n) is 15.1. The van der Waals surface area contributed by atoms with Crippen molar-refractivity contribution in [1.29, 1.82) is 0 Å². The van der Waals surface area contributed by atoms with E-state index in [1.54, 1.807) is 24.5 Å². The molecule has 2 aromatic rings. The molecule has 1 amide bonds. The molecule has 1 fully saturated rings. The number of rotatable bonds is 6. The first kappa shape index (κ1) is 17.6. The highest BCUT2D eigenvalue weighted by atomic mass is 19.1. The number of aromatic nitrogens is 1. The second-order valence-electron chi connectivity index (χ2n) is 7.18. The molecule has 27 heavy (non-hydrogen) atoms. The second kappa shape index (κ2) is 7.86. The van der Waals surface area contributed by atoms with Crippen LogP contribution in [0.15, 0.2) is 53.9 Å². The zero-order chi connectivity index (χ0) is 18.6. The predicted octanol–water partition coefficient (Wildman–Crippen LogP) is 3.54. The van der Waals surface area contributed by atoms with Crippen LogP contribution in [0.2, 0.25) is 0 Å². The van der Waals surface area contributed by atoms with Gasteiger partial charge in [-0.1, -0.05) is 23.7 Å². The van der Waals surface area contributed by atoms with Gasteiger partial charge in [0.1, 0.15) is 5.82 Å². The van der Waals surface area contributed by atoms with Gasteiger partial charge in [-0.3, -0.25) is 9.78 Å². The fourth-order valence-electron chi connectivity index (χ4n) is 3.43. The van der Waals surface area contributed by atoms with Crippen molar-refractivity contribution in [2.75, 3.05) is 6.54 Å². The molecule has 6 heteroatoms. The molecule has 0 saturated heterocycles. The summed E-state index contributed by atoms with van der Waals surface area (Å²) in [6.45, 7) is 0.928. The molecule has 0 radical (unpaired) electrons. The van der Waals surface area contributed by atoms with Gasteiger partial charge in [-0.05, 0) is 42.7 Å². The highest BCUT2D eigenvalue weighted by Gasteiger charge is 2.32. The molecule has 1 aromatic carbocycles. The van der Waals surface area contributed by atoms with Gasteiger partial charge in [-0.2, -0.15) is 0 Å². The van der Waals surface area contributed by atoms with Gasteiger partial charge in [0.2, 0.25) is 5.91 Å². The number of benzene rings is 1. The van der Waals surface area contributed by atoms with E-state index in [4.69, 9.17) is 4.84 Å². The van der Waals surface area contributed by atoms with E-state index in [-0.39, 0.29) is 23.7 Å². The average molecular weight is 367 g/mol. The quantitative estimate of drug-likeness (QED) is 0.785. The summed E-state index contributed by atoms with van der Waals surface area (Å²) in [6.07, 6.45) is 6.95. The van der Waals surface area contributed by atoms with Gasteiger partial charge < -0.3 is 9.74 Å². The standard InChI is InChI=1S/C21H22FN3O2/c22-18-8-6-15(7-9-18)13-25(21(26)16-3-1-4-16)14-19-11-20(24-27-19)17-5-2-10-23-12-17/h2,5-10,12,16,19H,1,3-4,11,13-14H2/t19-/m1/s1. The minimum Gasteiger partial charge on any atom is -0.390 e. The van der Waals surface area contributed by atoms with Crippen LogP contribution in [0.25, 0.3) is 0 Å². The number of carbonyl (C=O) groups excluding carboxylic acids is 1. The maximum Gasteiger partial charge on any atom is 0.226 e. The number of hydrogen-bond acceptors (Lipinski definition) is 4. The molecule has 4 rings (SSSR count). The Kier molecular flexibility index (Phi) is 5.14. The van der Waals surface area contributed by atoms with Crippen molar-refractivity contribution in [3.63, 3.8) is 0 Å². The molecule has 1 aliphatic heterocycles. The third kappa shape index (κ3) is 4.15. The molecule has 0 spiro atoms. The van der Waals surface area contributed by atoms with E-state index in [0.29, 0.717) is 19.5 Å². The predicted molar refractivity (Wildman–Crippen MR) is 99.4 cm³/mol. The Bertz CT molecular complexity index is 819. The Balaban J connectivity index is 1.43. The molecule has 0 bridgehead atoms. The van der Waals surface area contributed by atoms with Crippen molar-refractivity contribution in [1.82, 2.24) is 9.88 Å². The molecule has 0 N–H and O–H groups in total. The molecule has 2 heterocycles. The lowest BCUT2D eigenvalue weighted by atomic mass is 9.84. The van der Waals surface area contributed by atoms with Crippen LogP contribution in [-0.2, 0) is 16.2 Å². The lowest BCUT2D eigenvalue weighted by molar-refractivity contribution is -0.140. The van der Waals surface area contributed by atoms with E-state index in [2.05, 4.69) is 10.1 Å². The summed E-state index contributed by atoms with van der Waals surface area (Å²) in [6, 6.07) is 10.1. The lowest BCUT2D eigenvalue weighted by Gasteiger charge is -2.32. The monoisotopic (exact) mass is 367 g/mol. The van der Waals surface area contributed by atoms with E-state index in [9.17, 15) is 9.18 Å². The van der Waals surface area contributed by atoms with E-state index in [0.717, 1.165) is 36.1 Å². The molecular formula is C21H22FN3O2. The van der Waals surface area contributed by atoms with Crippen molar-refractivity contribution in [3.8, 4) is 0 Å². The summed E-state index contributed by atoms with van der Waals surface area (Å²) in [5.41, 5.74) is 2.71. The van der Waals surface area contributed by atoms with Crippen molar-refractivity contribution < 1.29 is 14.0 Å². The normalized spacial score (nSPS) is 19.1. The topological polar surface area (TPSA) is 54.8 Å². The minimum absolute atomic E-state index is 0.102. The smallest absolute Gasteiger partial charge is 0.226 e. The number of amides is 1. The van der Waals surface area contributed by atoms with Crippen LogP contribution in [0.5, 0.6) is 0 Å². The maximum absolute atomic E-state index is 13.2. The molecule has 140 valence electrons. The Morgan fingerprint density at radius 2 is 2.04 bits per heavy atom. The summed E-state index contributed by atoms with van der Waals surface area (Å²) in [4.78, 5) is 24.4. The number of hydrogen-bond donors (Lipinski definition) is 0. The number of halogens is 1. The fraction of sp³-hybridized carbons (Fsp3) is 0.381. The van der Waals surface area contributed by atoms with Crippen LogP contribution in [0.1, 0.15) is 36.8 Å². The van der Waals surface area contributed by atoms with Crippen molar-refractivity contribution in [3.05, 3.63) is 65.7 Å². The summed E-state index contributed by atoms with van der Waals surface area (Å²) < 4.78 is 13.2. The molecule has 2 aliphatic rings. The Labute approximate surface area is 157 Å². The maximum atomic E-state index is 13.2. The highest BCUT2D eigenvalue weighted by Crippen LogP contribution is 2.29. The van der Waals surface area contributed by atoms with E-state index in [1.165, 1.54) is 12.1 Å². The number of oxime groups is 1. The van der Waals surface area contributed by atoms with Crippen molar-refractivity contribution in [2.45, 2.75) is 38.3 Å². The number of nitrogens with zero attached hydrogens (tertiary/aromatic N) is 3. The van der Waals surface area contributed by atoms with Gasteiger partial charge in [0, 0.05) is 36.8 Å². The molecule has 1 aliphatic carbocycles. The van der Waals surface area contributed by atoms with Crippen LogP contribution >= 0.6 is 0 Å². The van der Waals surface area contributed by atoms with Gasteiger partial charge in [-0.15, -0.1) is 0 Å². The second-order valence-corrected chi connectivity index (χ2v) is 7.18. The van der Waals surface area contributed by atoms with E-state index >= 15 is 0 Å². The van der Waals surface area contributed by atoms with Crippen LogP contribution < -0.4 is 0 Å². The molecular weight excluding hydrogens is 345 g/mol. The lowest BCUT2D eigenvalue weighted by Crippen LogP contribution is -2.42. The zero-order valence-corrected chi connectivity index (χ0v) is 15.1. The van der Waals surface area contributed by atoms with Crippen LogP contribution in [-0.4, -0.2) is 34.2 Å². The van der Waals surface area contributed by atoms with Gasteiger partial charge in [0.25, 0.3) is 0 Å². The SMILES string of the molecule is O=C(C1CCC1)N(Cc1ccc(F)cc1)C[C@H]1CC(c2cccnc2)=NO1. The molecule has 1 atom stereocenters. The average Bonchev–Trinajstić information content (AvgIpc) is 3.11. The van der Waals surface area contributed by atoms with E-state index in [1.807, 2.05) is 17.0 Å². The van der Waals surface area contributed by atoms with Crippen LogP contribution in [0.4, 0.5) is 4.39 Å². The third-order valence-electron chi connectivity index (χ3n) is 5.20. The number of carbonyl (C=O) groups is 1. The first-order valence-corrected chi connectivity index (χ1v) is 9.35. The molecule has 1 aromatic heterocycles. The van der Waals surface area contributed by atoms with Crippen LogP contribution in [0.3, 0.4) is 0 Å². The Morgan fingerprint density at radius 3 is 2.70 bits per heavy atom. The Hall–Kier alpha value is -2.76. The molecule has 5 nitrogen and oxygen atoms in total. The Morgan fingerprint density at radius 1 is 1.22 bits per heavy atom. The van der Waals surface area contributed by atoms with Crippen LogP contribution in [0, 0.1) is 11.7 Å². The first-order chi connectivity index (χ1) is 13.2. The highest BCUT2D eigenvalue weighted by molar-refractivity contribution is 6.01. The number of pyridine rings is 1. The first-order valence-electron chi connectivity index (χ1n) is 9.35. The van der Waals surface area contributed by atoms with E-state index < -0.39 is 0 Å². The molecule has 0 unspecified atom stereocenters. The minimum atomic E-state index is -0.274. The van der Waals surface area contributed by atoms with Crippen molar-refractivity contribution in [2.24, 2.45) is 11.1 Å². The summed E-state index contributed by atoms with van der Waals surface area (Å²) in [7, 11) is 0. The van der Waals surface area contributed by atoms with Crippen molar-refractivity contribution >= 4 is 11.6 Å². The summed E-state index contributed by atoms with van der Waals surface area (Å²) in [5.74, 6) is -0.0150. The molecule has 1 saturated carbocycles. The fourth-order valence-corrected chi connectivity index (χ4v) is 3.43. The summed E-state index contributed by atoms with van der Waals surface area (Å²) in [5, 5.41) is 4.19. The summed E-state index contributed by atoms with van der Waals surface area (Å²) >= 11 is 0. The van der Waals surface area contributed by atoms with Gasteiger partial charge in [0.05, 0.1) is 12.3 Å². The van der Waals surface area contributed by atoms with Gasteiger partial charge >= 0.3 is 0 Å². The van der Waals surface area contributed by atoms with Gasteiger partial charge in [0.15, 0.2) is 6.10 Å².